The van der Waals surface area contributed by atoms with E-state index in [1.165, 1.54) is 11.1 Å². The third kappa shape index (κ3) is 3.41. The van der Waals surface area contributed by atoms with Crippen LogP contribution in [0, 0.1) is 0 Å². The molecular weight excluding hydrogens is 321 g/mol. The zero-order chi connectivity index (χ0) is 14.7. The molecule has 0 radical (unpaired) electrons. The summed E-state index contributed by atoms with van der Waals surface area (Å²) in [5.74, 6) is 0. The monoisotopic (exact) mass is 333 g/mol. The van der Waals surface area contributed by atoms with Gasteiger partial charge >= 0.3 is 0 Å². The van der Waals surface area contributed by atoms with Gasteiger partial charge in [0.1, 0.15) is 6.04 Å². The molecule has 2 aromatic rings. The molecule has 1 heterocycles. The summed E-state index contributed by atoms with van der Waals surface area (Å²) in [4.78, 5) is 3.62. The van der Waals surface area contributed by atoms with Crippen LogP contribution in [0.2, 0.25) is 15.1 Å². The Kier molecular flexibility index (Phi) is 5.21. The molecule has 1 atom stereocenters. The fraction of sp³-hybridized carbons (Fsp3) is 0.417. The average Bonchev–Trinajstić information content (AvgIpc) is 2.92. The van der Waals surface area contributed by atoms with Gasteiger partial charge in [-0.3, -0.25) is 0 Å². The van der Waals surface area contributed by atoms with E-state index in [1.807, 2.05) is 20.2 Å². The topological polar surface area (TPSA) is 46.8 Å². The number of aromatic nitrogens is 4. The van der Waals surface area contributed by atoms with Gasteiger partial charge in [0.05, 0.1) is 15.1 Å². The van der Waals surface area contributed by atoms with Crippen LogP contribution in [-0.2, 0) is 0 Å². The van der Waals surface area contributed by atoms with E-state index in [0.29, 0.717) is 15.1 Å². The highest BCUT2D eigenvalue weighted by atomic mass is 35.5. The maximum Gasteiger partial charge on any atom is 0.162 e. The maximum atomic E-state index is 6.31. The Hall–Kier alpha value is -0.880. The predicted molar refractivity (Wildman–Crippen MR) is 80.6 cm³/mol. The van der Waals surface area contributed by atoms with Crippen LogP contribution in [0.4, 0.5) is 0 Å². The second-order valence-electron chi connectivity index (χ2n) is 4.63. The van der Waals surface area contributed by atoms with Crippen LogP contribution in [-0.4, -0.2) is 45.7 Å². The molecule has 0 bridgehead atoms. The van der Waals surface area contributed by atoms with Crippen molar-refractivity contribution in [2.24, 2.45) is 0 Å². The molecule has 1 aromatic heterocycles. The third-order valence-electron chi connectivity index (χ3n) is 2.92. The molecule has 20 heavy (non-hydrogen) atoms. The lowest BCUT2D eigenvalue weighted by molar-refractivity contribution is 0.339. The molecule has 0 saturated carbocycles. The standard InChI is InChI=1S/C12H14Cl3N5/c1-19(2)6-5-10(20-17-7-16-18-20)8-3-4-9(13)12(15)11(8)14/h3-4,7,10H,5-6H2,1-2H3. The minimum absolute atomic E-state index is 0.137. The average molecular weight is 335 g/mol. The summed E-state index contributed by atoms with van der Waals surface area (Å²) in [5.41, 5.74) is 0.834. The van der Waals surface area contributed by atoms with Crippen molar-refractivity contribution in [3.05, 3.63) is 39.1 Å². The van der Waals surface area contributed by atoms with Crippen LogP contribution >= 0.6 is 34.8 Å². The van der Waals surface area contributed by atoms with Gasteiger partial charge in [0.15, 0.2) is 6.33 Å². The molecule has 0 aliphatic carbocycles. The number of halogens is 3. The number of hydrogen-bond acceptors (Lipinski definition) is 4. The second-order valence-corrected chi connectivity index (χ2v) is 5.79. The fourth-order valence-electron chi connectivity index (χ4n) is 1.89. The molecule has 0 saturated heterocycles. The Morgan fingerprint density at radius 1 is 1.20 bits per heavy atom. The first-order valence-electron chi connectivity index (χ1n) is 6.01. The van der Waals surface area contributed by atoms with Crippen LogP contribution < -0.4 is 0 Å². The SMILES string of the molecule is CN(C)CCC(c1ccc(Cl)c(Cl)c1Cl)n1ncnn1. The smallest absolute Gasteiger partial charge is 0.162 e. The van der Waals surface area contributed by atoms with E-state index in [2.05, 4.69) is 20.3 Å². The molecule has 0 aliphatic rings. The van der Waals surface area contributed by atoms with Crippen LogP contribution in [0.3, 0.4) is 0 Å². The van der Waals surface area contributed by atoms with E-state index in [4.69, 9.17) is 34.8 Å². The van der Waals surface area contributed by atoms with Crippen LogP contribution in [0.1, 0.15) is 18.0 Å². The quantitative estimate of drug-likeness (QED) is 0.788. The molecule has 0 N–H and O–H groups in total. The number of benzene rings is 1. The van der Waals surface area contributed by atoms with Gasteiger partial charge in [-0.25, -0.2) is 0 Å². The normalized spacial score (nSPS) is 12.9. The summed E-state index contributed by atoms with van der Waals surface area (Å²) in [5, 5.41) is 13.0. The van der Waals surface area contributed by atoms with Crippen molar-refractivity contribution in [2.45, 2.75) is 12.5 Å². The maximum absolute atomic E-state index is 6.31. The Morgan fingerprint density at radius 3 is 2.55 bits per heavy atom. The summed E-state index contributed by atoms with van der Waals surface area (Å²) in [7, 11) is 4.00. The first-order valence-corrected chi connectivity index (χ1v) is 7.14. The Bertz CT molecular complexity index is 571. The van der Waals surface area contributed by atoms with E-state index in [0.717, 1.165) is 18.5 Å². The Labute approximate surface area is 132 Å². The summed E-state index contributed by atoms with van der Waals surface area (Å²) >= 11 is 18.4. The van der Waals surface area contributed by atoms with E-state index in [-0.39, 0.29) is 6.04 Å². The van der Waals surface area contributed by atoms with Crippen LogP contribution in [0.25, 0.3) is 0 Å². The van der Waals surface area contributed by atoms with Crippen molar-refractivity contribution in [2.75, 3.05) is 20.6 Å². The minimum atomic E-state index is -0.137. The van der Waals surface area contributed by atoms with E-state index >= 15 is 0 Å². The summed E-state index contributed by atoms with van der Waals surface area (Å²) in [6.07, 6.45) is 2.18. The van der Waals surface area contributed by atoms with Crippen molar-refractivity contribution in [1.29, 1.82) is 0 Å². The summed E-state index contributed by atoms with van der Waals surface area (Å²) in [6, 6.07) is 3.44. The van der Waals surface area contributed by atoms with Gasteiger partial charge in [0.25, 0.3) is 0 Å². The van der Waals surface area contributed by atoms with Gasteiger partial charge in [-0.05, 0) is 43.9 Å². The van der Waals surface area contributed by atoms with Crippen molar-refractivity contribution in [1.82, 2.24) is 25.1 Å². The van der Waals surface area contributed by atoms with Gasteiger partial charge in [-0.1, -0.05) is 40.9 Å². The molecule has 1 unspecified atom stereocenters. The summed E-state index contributed by atoms with van der Waals surface area (Å²) < 4.78 is 0. The molecule has 5 nitrogen and oxygen atoms in total. The fourth-order valence-corrected chi connectivity index (χ4v) is 2.56. The van der Waals surface area contributed by atoms with Crippen LogP contribution in [0.5, 0.6) is 0 Å². The lowest BCUT2D eigenvalue weighted by atomic mass is 10.0. The highest BCUT2D eigenvalue weighted by Crippen LogP contribution is 2.37. The van der Waals surface area contributed by atoms with Crippen molar-refractivity contribution < 1.29 is 0 Å². The lowest BCUT2D eigenvalue weighted by Gasteiger charge is -2.20. The molecule has 8 heteroatoms. The minimum Gasteiger partial charge on any atom is -0.309 e. The van der Waals surface area contributed by atoms with E-state index in [9.17, 15) is 0 Å². The third-order valence-corrected chi connectivity index (χ3v) is 4.23. The van der Waals surface area contributed by atoms with Gasteiger partial charge < -0.3 is 4.90 Å². The van der Waals surface area contributed by atoms with Crippen molar-refractivity contribution in [3.63, 3.8) is 0 Å². The molecule has 2 rings (SSSR count). The molecule has 1 aromatic carbocycles. The first-order chi connectivity index (χ1) is 9.50. The van der Waals surface area contributed by atoms with Gasteiger partial charge in [0.2, 0.25) is 0 Å². The summed E-state index contributed by atoms with van der Waals surface area (Å²) in [6.45, 7) is 0.850. The van der Waals surface area contributed by atoms with E-state index < -0.39 is 0 Å². The molecule has 0 amide bonds. The lowest BCUT2D eigenvalue weighted by Crippen LogP contribution is -2.21. The zero-order valence-electron chi connectivity index (χ0n) is 11.1. The Morgan fingerprint density at radius 2 is 1.95 bits per heavy atom. The first kappa shape index (κ1) is 15.5. The number of nitrogens with zero attached hydrogens (tertiary/aromatic N) is 5. The highest BCUT2D eigenvalue weighted by Gasteiger charge is 2.21. The number of hydrogen-bond donors (Lipinski definition) is 0. The van der Waals surface area contributed by atoms with Gasteiger partial charge in [-0.15, -0.1) is 10.2 Å². The molecule has 108 valence electrons. The highest BCUT2D eigenvalue weighted by molar-refractivity contribution is 6.48. The molecule has 0 aliphatic heterocycles. The Balaban J connectivity index is 2.39. The largest absolute Gasteiger partial charge is 0.309 e. The molecule has 0 spiro atoms. The van der Waals surface area contributed by atoms with Gasteiger partial charge in [0, 0.05) is 0 Å². The predicted octanol–water partition coefficient (Wildman–Crippen LogP) is 3.17. The second kappa shape index (κ2) is 6.72. The van der Waals surface area contributed by atoms with Gasteiger partial charge in [-0.2, -0.15) is 4.80 Å². The zero-order valence-corrected chi connectivity index (χ0v) is 13.4. The van der Waals surface area contributed by atoms with E-state index in [1.54, 1.807) is 6.07 Å². The molecular formula is C12H14Cl3N5. The molecule has 0 fully saturated rings. The number of rotatable bonds is 5. The number of tetrazole rings is 1. The van der Waals surface area contributed by atoms with Crippen molar-refractivity contribution in [3.8, 4) is 0 Å². The van der Waals surface area contributed by atoms with Crippen molar-refractivity contribution >= 4 is 34.8 Å². The van der Waals surface area contributed by atoms with Crippen LogP contribution in [0.15, 0.2) is 18.5 Å².